The fraction of sp³-hybridized carbons (Fsp3) is 0.438. The van der Waals surface area contributed by atoms with E-state index in [2.05, 4.69) is 55.5 Å². The van der Waals surface area contributed by atoms with E-state index in [1.54, 1.807) is 7.11 Å². The van der Waals surface area contributed by atoms with E-state index in [1.165, 1.54) is 11.3 Å². The Bertz CT molecular complexity index is 563. The molecule has 2 aromatic rings. The molecule has 0 aliphatic heterocycles. The lowest BCUT2D eigenvalue weighted by Crippen LogP contribution is -2.24. The van der Waals surface area contributed by atoms with Crippen LogP contribution < -0.4 is 10.1 Å². The topological polar surface area (TPSA) is 39.1 Å². The van der Waals surface area contributed by atoms with Gasteiger partial charge in [-0.1, -0.05) is 19.1 Å². The molecule has 0 amide bonds. The molecule has 0 fully saturated rings. The van der Waals surface area contributed by atoms with Crippen LogP contribution in [0.25, 0.3) is 0 Å². The van der Waals surface area contributed by atoms with E-state index in [9.17, 15) is 0 Å². The predicted molar refractivity (Wildman–Crippen MR) is 81.2 cm³/mol. The first kappa shape index (κ1) is 14.6. The summed E-state index contributed by atoms with van der Waals surface area (Å²) in [5, 5.41) is 7.90. The summed E-state index contributed by atoms with van der Waals surface area (Å²) in [6.45, 7) is 8.05. The Kier molecular flexibility index (Phi) is 4.79. The van der Waals surface area contributed by atoms with Gasteiger partial charge in [-0.3, -0.25) is 4.68 Å². The van der Waals surface area contributed by atoms with Gasteiger partial charge in [0.25, 0.3) is 0 Å². The Labute approximate surface area is 120 Å². The number of hydrogen-bond acceptors (Lipinski definition) is 3. The molecule has 0 saturated carbocycles. The summed E-state index contributed by atoms with van der Waals surface area (Å²) >= 11 is 0. The number of aryl methyl sites for hydroxylation is 2. The van der Waals surface area contributed by atoms with Crippen molar-refractivity contribution in [2.24, 2.45) is 0 Å². The van der Waals surface area contributed by atoms with Crippen molar-refractivity contribution in [2.45, 2.75) is 33.4 Å². The van der Waals surface area contributed by atoms with Crippen molar-refractivity contribution in [3.63, 3.8) is 0 Å². The highest BCUT2D eigenvalue weighted by Crippen LogP contribution is 2.27. The summed E-state index contributed by atoms with van der Waals surface area (Å²) < 4.78 is 7.47. The second-order valence-corrected chi connectivity index (χ2v) is 4.79. The monoisotopic (exact) mass is 273 g/mol. The van der Waals surface area contributed by atoms with E-state index >= 15 is 0 Å². The number of benzene rings is 1. The molecule has 1 unspecified atom stereocenters. The van der Waals surface area contributed by atoms with Crippen molar-refractivity contribution in [1.29, 1.82) is 0 Å². The quantitative estimate of drug-likeness (QED) is 0.879. The lowest BCUT2D eigenvalue weighted by Gasteiger charge is -2.20. The second kappa shape index (κ2) is 6.57. The fourth-order valence-corrected chi connectivity index (χ4v) is 2.47. The van der Waals surface area contributed by atoms with E-state index in [4.69, 9.17) is 4.74 Å². The average molecular weight is 273 g/mol. The molecule has 0 spiro atoms. The lowest BCUT2D eigenvalue weighted by atomic mass is 10.0. The molecule has 108 valence electrons. The maximum atomic E-state index is 5.44. The molecule has 0 aliphatic rings. The van der Waals surface area contributed by atoms with Crippen LogP contribution in [0.15, 0.2) is 30.5 Å². The van der Waals surface area contributed by atoms with E-state index in [1.807, 2.05) is 10.9 Å². The van der Waals surface area contributed by atoms with Gasteiger partial charge in [-0.25, -0.2) is 0 Å². The van der Waals surface area contributed by atoms with E-state index in [-0.39, 0.29) is 6.04 Å². The number of hydrogen-bond donors (Lipinski definition) is 1. The highest BCUT2D eigenvalue weighted by atomic mass is 16.5. The van der Waals surface area contributed by atoms with Crippen LogP contribution in [-0.2, 0) is 6.54 Å². The predicted octanol–water partition coefficient (Wildman–Crippen LogP) is 2.92. The first-order chi connectivity index (χ1) is 9.71. The lowest BCUT2D eigenvalue weighted by molar-refractivity contribution is 0.410. The minimum Gasteiger partial charge on any atom is -0.496 e. The summed E-state index contributed by atoms with van der Waals surface area (Å²) in [5.41, 5.74) is 3.53. The molecule has 0 saturated heterocycles. The zero-order valence-electron chi connectivity index (χ0n) is 12.7. The summed E-state index contributed by atoms with van der Waals surface area (Å²) in [6.07, 6.45) is 1.86. The Morgan fingerprint density at radius 1 is 1.30 bits per heavy atom. The molecule has 0 bridgehead atoms. The third kappa shape index (κ3) is 2.85. The molecular formula is C16H23N3O. The number of methoxy groups -OCH3 is 1. The van der Waals surface area contributed by atoms with Crippen molar-refractivity contribution in [1.82, 2.24) is 15.1 Å². The van der Waals surface area contributed by atoms with Gasteiger partial charge in [0.1, 0.15) is 5.75 Å². The largest absolute Gasteiger partial charge is 0.496 e. The molecule has 1 aromatic carbocycles. The van der Waals surface area contributed by atoms with Gasteiger partial charge in [-0.15, -0.1) is 0 Å². The van der Waals surface area contributed by atoms with Crippen LogP contribution in [0.4, 0.5) is 0 Å². The SMILES string of the molecule is CCNC(c1ccc(C)c(OC)c1)c1ccnn1CC. The van der Waals surface area contributed by atoms with Crippen LogP contribution in [0, 0.1) is 6.92 Å². The van der Waals surface area contributed by atoms with Crippen LogP contribution in [0.1, 0.15) is 36.7 Å². The van der Waals surface area contributed by atoms with Crippen LogP contribution in [-0.4, -0.2) is 23.4 Å². The maximum Gasteiger partial charge on any atom is 0.122 e. The first-order valence-corrected chi connectivity index (χ1v) is 7.10. The highest BCUT2D eigenvalue weighted by molar-refractivity contribution is 5.40. The molecule has 1 aromatic heterocycles. The van der Waals surface area contributed by atoms with E-state index in [0.717, 1.165) is 24.4 Å². The first-order valence-electron chi connectivity index (χ1n) is 7.10. The smallest absolute Gasteiger partial charge is 0.122 e. The van der Waals surface area contributed by atoms with Crippen molar-refractivity contribution in [3.05, 3.63) is 47.3 Å². The molecule has 1 atom stereocenters. The second-order valence-electron chi connectivity index (χ2n) is 4.79. The van der Waals surface area contributed by atoms with Gasteiger partial charge in [0.2, 0.25) is 0 Å². The van der Waals surface area contributed by atoms with Gasteiger partial charge in [-0.05, 0) is 43.7 Å². The number of aromatic nitrogens is 2. The number of rotatable bonds is 6. The van der Waals surface area contributed by atoms with Gasteiger partial charge in [0.15, 0.2) is 0 Å². The molecule has 4 heteroatoms. The Morgan fingerprint density at radius 3 is 2.75 bits per heavy atom. The summed E-state index contributed by atoms with van der Waals surface area (Å²) in [5.74, 6) is 0.924. The standard InChI is InChI=1S/C16H23N3O/c1-5-17-16(14-9-10-18-19(14)6-2)13-8-7-12(3)15(11-13)20-4/h7-11,16-17H,5-6H2,1-4H3. The van der Waals surface area contributed by atoms with Gasteiger partial charge in [-0.2, -0.15) is 5.10 Å². The van der Waals surface area contributed by atoms with Gasteiger partial charge < -0.3 is 10.1 Å². The fourth-order valence-electron chi connectivity index (χ4n) is 2.47. The number of nitrogens with zero attached hydrogens (tertiary/aromatic N) is 2. The molecule has 0 radical (unpaired) electrons. The minimum absolute atomic E-state index is 0.136. The summed E-state index contributed by atoms with van der Waals surface area (Å²) in [7, 11) is 1.71. The Morgan fingerprint density at radius 2 is 2.10 bits per heavy atom. The summed E-state index contributed by atoms with van der Waals surface area (Å²) in [6, 6.07) is 8.57. The van der Waals surface area contributed by atoms with Crippen LogP contribution in [0.3, 0.4) is 0 Å². The summed E-state index contributed by atoms with van der Waals surface area (Å²) in [4.78, 5) is 0. The van der Waals surface area contributed by atoms with Crippen molar-refractivity contribution in [3.8, 4) is 5.75 Å². The molecule has 0 aliphatic carbocycles. The normalized spacial score (nSPS) is 12.4. The van der Waals surface area contributed by atoms with E-state index in [0.29, 0.717) is 0 Å². The molecule has 2 rings (SSSR count). The van der Waals surface area contributed by atoms with Crippen molar-refractivity contribution >= 4 is 0 Å². The Hall–Kier alpha value is -1.81. The third-order valence-corrected chi connectivity index (χ3v) is 3.52. The molecule has 1 heterocycles. The van der Waals surface area contributed by atoms with Crippen LogP contribution in [0.2, 0.25) is 0 Å². The molecule has 1 N–H and O–H groups in total. The van der Waals surface area contributed by atoms with Crippen molar-refractivity contribution in [2.75, 3.05) is 13.7 Å². The zero-order valence-corrected chi connectivity index (χ0v) is 12.7. The van der Waals surface area contributed by atoms with Gasteiger partial charge in [0, 0.05) is 12.7 Å². The number of nitrogens with one attached hydrogen (secondary N) is 1. The van der Waals surface area contributed by atoms with Gasteiger partial charge >= 0.3 is 0 Å². The highest BCUT2D eigenvalue weighted by Gasteiger charge is 2.18. The van der Waals surface area contributed by atoms with Crippen molar-refractivity contribution < 1.29 is 4.74 Å². The van der Waals surface area contributed by atoms with Gasteiger partial charge in [0.05, 0.1) is 18.8 Å². The van der Waals surface area contributed by atoms with Crippen LogP contribution in [0.5, 0.6) is 5.75 Å². The molecule has 20 heavy (non-hydrogen) atoms. The molecular weight excluding hydrogens is 250 g/mol. The maximum absolute atomic E-state index is 5.44. The minimum atomic E-state index is 0.136. The third-order valence-electron chi connectivity index (χ3n) is 3.52. The van der Waals surface area contributed by atoms with E-state index < -0.39 is 0 Å². The average Bonchev–Trinajstić information content (AvgIpc) is 2.93. The Balaban J connectivity index is 2.43. The van der Waals surface area contributed by atoms with Crippen LogP contribution >= 0.6 is 0 Å². The number of ether oxygens (including phenoxy) is 1. The zero-order chi connectivity index (χ0) is 14.5. The molecule has 4 nitrogen and oxygen atoms in total.